The molecule has 1 aromatic heterocycles. The maximum absolute atomic E-state index is 12.5. The number of nitrogens with one attached hydrogen (secondary N) is 2. The third-order valence-corrected chi connectivity index (χ3v) is 5.67. The molecule has 9 nitrogen and oxygen atoms in total. The van der Waals surface area contributed by atoms with Crippen LogP contribution in [-0.2, 0) is 18.3 Å². The van der Waals surface area contributed by atoms with E-state index in [-0.39, 0.29) is 12.1 Å². The average molecular weight is 420 g/mol. The van der Waals surface area contributed by atoms with Crippen LogP contribution in [0.25, 0.3) is 0 Å². The Labute approximate surface area is 179 Å². The first-order chi connectivity index (χ1) is 14.2. The minimum Gasteiger partial charge on any atom is -0.444 e. The molecule has 1 unspecified atom stereocenters. The van der Waals surface area contributed by atoms with Gasteiger partial charge in [0.25, 0.3) is 0 Å². The molecular formula is C21H37N7O2. The van der Waals surface area contributed by atoms with E-state index >= 15 is 0 Å². The molecule has 1 saturated heterocycles. The smallest absolute Gasteiger partial charge is 0.410 e. The summed E-state index contributed by atoms with van der Waals surface area (Å²) in [5.41, 5.74) is -0.484. The summed E-state index contributed by atoms with van der Waals surface area (Å²) in [5.74, 6) is 2.50. The lowest BCUT2D eigenvalue weighted by molar-refractivity contribution is 0.0193. The average Bonchev–Trinajstić information content (AvgIpc) is 3.29. The number of amides is 1. The molecular weight excluding hydrogens is 382 g/mol. The van der Waals surface area contributed by atoms with Gasteiger partial charge in [-0.05, 0) is 53.4 Å². The molecule has 9 heteroatoms. The summed E-state index contributed by atoms with van der Waals surface area (Å²) >= 11 is 0. The van der Waals surface area contributed by atoms with Crippen LogP contribution in [0.4, 0.5) is 4.79 Å². The number of guanidine groups is 1. The van der Waals surface area contributed by atoms with E-state index in [0.29, 0.717) is 19.1 Å². The van der Waals surface area contributed by atoms with Gasteiger partial charge in [-0.2, -0.15) is 0 Å². The quantitative estimate of drug-likeness (QED) is 0.575. The molecule has 168 valence electrons. The molecule has 30 heavy (non-hydrogen) atoms. The summed E-state index contributed by atoms with van der Waals surface area (Å²) in [5, 5.41) is 15.5. The van der Waals surface area contributed by atoms with E-state index in [0.717, 1.165) is 37.0 Å². The van der Waals surface area contributed by atoms with Crippen molar-refractivity contribution in [1.29, 1.82) is 0 Å². The monoisotopic (exact) mass is 419 g/mol. The van der Waals surface area contributed by atoms with Gasteiger partial charge in [0, 0.05) is 32.2 Å². The van der Waals surface area contributed by atoms with Crippen LogP contribution in [0.3, 0.4) is 0 Å². The van der Waals surface area contributed by atoms with E-state index in [9.17, 15) is 4.79 Å². The lowest BCUT2D eigenvalue weighted by Crippen LogP contribution is -2.54. The number of aryl methyl sites for hydroxylation is 1. The molecule has 2 heterocycles. The number of aromatic nitrogens is 3. The Kier molecular flexibility index (Phi) is 7.20. The van der Waals surface area contributed by atoms with E-state index in [1.54, 1.807) is 4.90 Å². The van der Waals surface area contributed by atoms with E-state index in [1.165, 1.54) is 25.7 Å². The zero-order valence-corrected chi connectivity index (χ0v) is 19.1. The Morgan fingerprint density at radius 2 is 1.80 bits per heavy atom. The molecule has 0 bridgehead atoms. The molecule has 2 fully saturated rings. The van der Waals surface area contributed by atoms with Crippen molar-refractivity contribution in [3.63, 3.8) is 0 Å². The summed E-state index contributed by atoms with van der Waals surface area (Å²) in [6, 6.07) is 0.586. The van der Waals surface area contributed by atoms with Crippen LogP contribution in [-0.4, -0.2) is 62.5 Å². The second-order valence-corrected chi connectivity index (χ2v) is 9.42. The predicted octanol–water partition coefficient (Wildman–Crippen LogP) is 2.50. The van der Waals surface area contributed by atoms with Crippen molar-refractivity contribution in [2.24, 2.45) is 12.0 Å². The van der Waals surface area contributed by atoms with Crippen LogP contribution in [0.2, 0.25) is 0 Å². The molecule has 1 aliphatic carbocycles. The second-order valence-electron chi connectivity index (χ2n) is 9.42. The zero-order valence-electron chi connectivity index (χ0n) is 19.1. The summed E-state index contributed by atoms with van der Waals surface area (Å²) in [6.45, 7) is 9.43. The molecule has 0 radical (unpaired) electrons. The molecule has 3 rings (SSSR count). The number of aliphatic imine (C=N–C) groups is 1. The molecule has 2 N–H and O–H groups in total. The predicted molar refractivity (Wildman–Crippen MR) is 116 cm³/mol. The number of ether oxygens (including phenoxy) is 1. The van der Waals surface area contributed by atoms with E-state index in [1.807, 2.05) is 39.3 Å². The van der Waals surface area contributed by atoms with Gasteiger partial charge in [-0.15, -0.1) is 10.2 Å². The maximum Gasteiger partial charge on any atom is 0.410 e. The lowest BCUT2D eigenvalue weighted by Gasteiger charge is -2.35. The Morgan fingerprint density at radius 3 is 2.43 bits per heavy atom. The fourth-order valence-corrected chi connectivity index (χ4v) is 3.92. The number of hydrogen-bond acceptors (Lipinski definition) is 5. The van der Waals surface area contributed by atoms with Crippen LogP contribution in [0, 0.1) is 6.92 Å². The number of carbonyl (C=O) groups excluding carboxylic acids is 1. The highest BCUT2D eigenvalue weighted by Crippen LogP contribution is 2.18. The minimum absolute atomic E-state index is 0.139. The van der Waals surface area contributed by atoms with Crippen molar-refractivity contribution >= 4 is 12.1 Å². The van der Waals surface area contributed by atoms with Gasteiger partial charge in [0.1, 0.15) is 18.0 Å². The third kappa shape index (κ3) is 6.34. The van der Waals surface area contributed by atoms with Gasteiger partial charge in [0.2, 0.25) is 0 Å². The second kappa shape index (κ2) is 9.66. The Bertz CT molecular complexity index is 747. The van der Waals surface area contributed by atoms with Gasteiger partial charge in [-0.25, -0.2) is 9.79 Å². The van der Waals surface area contributed by atoms with Gasteiger partial charge in [-0.1, -0.05) is 12.8 Å². The number of piperidine rings is 1. The van der Waals surface area contributed by atoms with Gasteiger partial charge < -0.3 is 24.8 Å². The van der Waals surface area contributed by atoms with Gasteiger partial charge in [0.05, 0.1) is 0 Å². The molecule has 1 aliphatic heterocycles. The normalized spacial score (nSPS) is 21.0. The van der Waals surface area contributed by atoms with Crippen LogP contribution in [0.15, 0.2) is 4.99 Å². The molecule has 0 spiro atoms. The SMILES string of the molecule is Cc1nnc(CN=C(NC2CCCC2)NC2CCCN(C(=O)OC(C)(C)C)C2)n1C. The molecule has 2 aliphatic rings. The van der Waals surface area contributed by atoms with Gasteiger partial charge in [0.15, 0.2) is 11.8 Å². The fraction of sp³-hybridized carbons (Fsp3) is 0.810. The number of hydrogen-bond donors (Lipinski definition) is 2. The molecule has 1 aromatic rings. The van der Waals surface area contributed by atoms with E-state index in [4.69, 9.17) is 9.73 Å². The standard InChI is InChI=1S/C21H37N7O2/c1-15-25-26-18(27(15)5)13-22-19(23-16-9-6-7-10-16)24-17-11-8-12-28(14-17)20(29)30-21(2,3)4/h16-17H,6-14H2,1-5H3,(H2,22,23,24). The Hall–Kier alpha value is -2.32. The first kappa shape index (κ1) is 22.4. The molecule has 1 amide bonds. The maximum atomic E-state index is 12.5. The molecule has 1 atom stereocenters. The van der Waals surface area contributed by atoms with Crippen molar-refractivity contribution in [3.05, 3.63) is 11.6 Å². The zero-order chi connectivity index (χ0) is 21.7. The van der Waals surface area contributed by atoms with Crippen LogP contribution in [0.1, 0.15) is 70.9 Å². The fourth-order valence-electron chi connectivity index (χ4n) is 3.92. The highest BCUT2D eigenvalue weighted by Gasteiger charge is 2.28. The van der Waals surface area contributed by atoms with E-state index in [2.05, 4.69) is 20.8 Å². The Balaban J connectivity index is 1.64. The van der Waals surface area contributed by atoms with Crippen LogP contribution < -0.4 is 10.6 Å². The van der Waals surface area contributed by atoms with E-state index < -0.39 is 5.60 Å². The third-order valence-electron chi connectivity index (χ3n) is 5.67. The number of likely N-dealkylation sites (tertiary alicyclic amines) is 1. The van der Waals surface area contributed by atoms with Crippen molar-refractivity contribution in [2.45, 2.75) is 90.4 Å². The molecule has 0 aromatic carbocycles. The minimum atomic E-state index is -0.484. The highest BCUT2D eigenvalue weighted by molar-refractivity contribution is 5.80. The summed E-state index contributed by atoms with van der Waals surface area (Å²) in [4.78, 5) is 19.1. The van der Waals surface area contributed by atoms with Crippen LogP contribution in [0.5, 0.6) is 0 Å². The summed E-state index contributed by atoms with van der Waals surface area (Å²) in [7, 11) is 1.96. The topological polar surface area (TPSA) is 96.7 Å². The first-order valence-corrected chi connectivity index (χ1v) is 11.1. The van der Waals surface area contributed by atoms with Crippen molar-refractivity contribution < 1.29 is 9.53 Å². The number of nitrogens with zero attached hydrogens (tertiary/aromatic N) is 5. The largest absolute Gasteiger partial charge is 0.444 e. The summed E-state index contributed by atoms with van der Waals surface area (Å²) in [6.07, 6.45) is 6.53. The Morgan fingerprint density at radius 1 is 1.13 bits per heavy atom. The van der Waals surface area contributed by atoms with Gasteiger partial charge in [-0.3, -0.25) is 0 Å². The van der Waals surface area contributed by atoms with Crippen molar-refractivity contribution in [1.82, 2.24) is 30.3 Å². The number of carbonyl (C=O) groups is 1. The van der Waals surface area contributed by atoms with Crippen molar-refractivity contribution in [3.8, 4) is 0 Å². The molecule has 1 saturated carbocycles. The number of rotatable bonds is 4. The lowest BCUT2D eigenvalue weighted by atomic mass is 10.1. The summed E-state index contributed by atoms with van der Waals surface area (Å²) < 4.78 is 7.51. The van der Waals surface area contributed by atoms with Gasteiger partial charge >= 0.3 is 6.09 Å². The van der Waals surface area contributed by atoms with Crippen molar-refractivity contribution in [2.75, 3.05) is 13.1 Å². The highest BCUT2D eigenvalue weighted by atomic mass is 16.6. The first-order valence-electron chi connectivity index (χ1n) is 11.1. The van der Waals surface area contributed by atoms with Crippen LogP contribution >= 0.6 is 0 Å².